The molecule has 0 bridgehead atoms. The molecule has 0 heterocycles. The standard InChI is InChI=1S/C3H8O2.C3H7O2.Al.Na.3H/c2*1-5-3-2-4;;;;;/h4H,2-3H2,1H3;2-3H2,1H3;;;;;/q;-1;;+1;;;. The maximum Gasteiger partial charge on any atom is 1.00 e. The van der Waals surface area contributed by atoms with E-state index in [0.717, 1.165) is 0 Å². The van der Waals surface area contributed by atoms with Gasteiger partial charge in [-0.3, -0.25) is 0 Å². The predicted molar refractivity (Wildman–Crippen MR) is 45.6 cm³/mol. The van der Waals surface area contributed by atoms with Crippen LogP contribution in [0.25, 0.3) is 0 Å². The van der Waals surface area contributed by atoms with Crippen LogP contribution in [0, 0.1) is 0 Å². The molecule has 0 aliphatic carbocycles. The van der Waals surface area contributed by atoms with E-state index in [1.807, 2.05) is 0 Å². The third kappa shape index (κ3) is 42.4. The molecule has 0 aromatic carbocycles. The molecule has 0 aromatic heterocycles. The molecule has 6 heteroatoms. The Kier molecular flexibility index (Phi) is 57.2. The van der Waals surface area contributed by atoms with Gasteiger partial charge in [-0.2, -0.15) is 0 Å². The molecule has 0 unspecified atom stereocenters. The average molecular weight is 204 g/mol. The van der Waals surface area contributed by atoms with Gasteiger partial charge in [-0.05, 0) is 0 Å². The number of methoxy groups -OCH3 is 2. The maximum absolute atomic E-state index is 9.40. The van der Waals surface area contributed by atoms with Crippen LogP contribution in [-0.4, -0.2) is 63.1 Å². The SMILES string of the molecule is COCCO.COCC[O-].[AlH3].[Na+]. The van der Waals surface area contributed by atoms with Gasteiger partial charge in [-0.15, -0.1) is 6.61 Å². The first-order chi connectivity index (χ1) is 4.83. The van der Waals surface area contributed by atoms with E-state index < -0.39 is 0 Å². The number of rotatable bonds is 4. The van der Waals surface area contributed by atoms with Crippen molar-refractivity contribution >= 4 is 17.4 Å². The summed E-state index contributed by atoms with van der Waals surface area (Å²) >= 11 is 0. The molecule has 0 fully saturated rings. The number of aliphatic hydroxyl groups is 1. The van der Waals surface area contributed by atoms with Gasteiger partial charge in [0.25, 0.3) is 0 Å². The molecule has 0 radical (unpaired) electrons. The molecular formula is C6H18AlNaO4. The van der Waals surface area contributed by atoms with Crippen molar-refractivity contribution in [2.75, 3.05) is 40.6 Å². The van der Waals surface area contributed by atoms with E-state index in [1.54, 1.807) is 7.11 Å². The third-order valence-corrected chi connectivity index (χ3v) is 0.583. The van der Waals surface area contributed by atoms with E-state index in [1.165, 1.54) is 7.11 Å². The van der Waals surface area contributed by atoms with Gasteiger partial charge >= 0.3 is 29.6 Å². The maximum atomic E-state index is 9.40. The van der Waals surface area contributed by atoms with Crippen molar-refractivity contribution < 1.29 is 49.2 Å². The number of aliphatic hydroxyl groups excluding tert-OH is 1. The molecule has 0 atom stereocenters. The van der Waals surface area contributed by atoms with Crippen LogP contribution in [0.5, 0.6) is 0 Å². The minimum atomic E-state index is -0.128. The molecule has 70 valence electrons. The van der Waals surface area contributed by atoms with Crippen LogP contribution in [0.2, 0.25) is 0 Å². The van der Waals surface area contributed by atoms with Crippen molar-refractivity contribution in [1.29, 1.82) is 0 Å². The summed E-state index contributed by atoms with van der Waals surface area (Å²) in [7, 11) is 3.06. The Morgan fingerprint density at radius 3 is 1.58 bits per heavy atom. The van der Waals surface area contributed by atoms with Gasteiger partial charge in [0, 0.05) is 20.8 Å². The Balaban J connectivity index is -0.0000000457. The molecule has 4 nitrogen and oxygen atoms in total. The Morgan fingerprint density at radius 2 is 1.58 bits per heavy atom. The first kappa shape index (κ1) is 23.3. The molecule has 0 saturated carbocycles. The summed E-state index contributed by atoms with van der Waals surface area (Å²) < 4.78 is 8.82. The molecular weight excluding hydrogens is 186 g/mol. The minimum Gasteiger partial charge on any atom is -0.853 e. The monoisotopic (exact) mass is 204 g/mol. The topological polar surface area (TPSA) is 61.8 Å². The van der Waals surface area contributed by atoms with Crippen molar-refractivity contribution in [3.8, 4) is 0 Å². The minimum absolute atomic E-state index is 0. The largest absolute Gasteiger partial charge is 1.00 e. The molecule has 0 aliphatic rings. The van der Waals surface area contributed by atoms with E-state index in [4.69, 9.17) is 5.11 Å². The Morgan fingerprint density at radius 1 is 1.17 bits per heavy atom. The fraction of sp³-hybridized carbons (Fsp3) is 1.00. The fourth-order valence-corrected chi connectivity index (χ4v) is 0.175. The van der Waals surface area contributed by atoms with Crippen molar-refractivity contribution in [3.05, 3.63) is 0 Å². The smallest absolute Gasteiger partial charge is 0.853 e. The Hall–Kier alpha value is 1.37. The van der Waals surface area contributed by atoms with Crippen molar-refractivity contribution in [2.24, 2.45) is 0 Å². The van der Waals surface area contributed by atoms with Gasteiger partial charge < -0.3 is 19.7 Å². The molecule has 12 heavy (non-hydrogen) atoms. The van der Waals surface area contributed by atoms with E-state index in [2.05, 4.69) is 9.47 Å². The van der Waals surface area contributed by atoms with E-state index in [9.17, 15) is 5.11 Å². The zero-order valence-corrected chi connectivity index (χ0v) is 9.50. The first-order valence-corrected chi connectivity index (χ1v) is 3.00. The van der Waals surface area contributed by atoms with Gasteiger partial charge in [-0.1, -0.05) is 0 Å². The van der Waals surface area contributed by atoms with E-state index >= 15 is 0 Å². The number of hydrogen-bond acceptors (Lipinski definition) is 4. The molecule has 0 spiro atoms. The third-order valence-electron chi connectivity index (χ3n) is 0.583. The Labute approximate surface area is 107 Å². The van der Waals surface area contributed by atoms with Crippen molar-refractivity contribution in [1.82, 2.24) is 0 Å². The summed E-state index contributed by atoms with van der Waals surface area (Å²) in [6, 6.07) is 0. The van der Waals surface area contributed by atoms with Crippen LogP contribution < -0.4 is 34.7 Å². The Bertz CT molecular complexity index is 40.5. The number of ether oxygens (including phenoxy) is 2. The summed E-state index contributed by atoms with van der Waals surface area (Å²) in [6.07, 6.45) is 0. The molecule has 0 aliphatic heterocycles. The summed E-state index contributed by atoms with van der Waals surface area (Å²) in [5.41, 5.74) is 0. The van der Waals surface area contributed by atoms with Gasteiger partial charge in [0.2, 0.25) is 0 Å². The summed E-state index contributed by atoms with van der Waals surface area (Å²) in [5.74, 6) is 0. The average Bonchev–Trinajstić information content (AvgIpc) is 1.93. The second-order valence-electron chi connectivity index (χ2n) is 1.41. The molecule has 0 rings (SSSR count). The van der Waals surface area contributed by atoms with Gasteiger partial charge in [0.15, 0.2) is 17.4 Å². The second kappa shape index (κ2) is 29.4. The molecule has 0 amide bonds. The second-order valence-corrected chi connectivity index (χ2v) is 1.41. The summed E-state index contributed by atoms with van der Waals surface area (Å²) in [5, 5.41) is 17.3. The van der Waals surface area contributed by atoms with Crippen LogP contribution in [-0.2, 0) is 9.47 Å². The summed E-state index contributed by atoms with van der Waals surface area (Å²) in [6.45, 7) is 0.771. The zero-order valence-electron chi connectivity index (χ0n) is 7.50. The zero-order chi connectivity index (χ0) is 8.24. The van der Waals surface area contributed by atoms with E-state index in [-0.39, 0.29) is 60.1 Å². The van der Waals surface area contributed by atoms with Gasteiger partial charge in [-0.25, -0.2) is 0 Å². The first-order valence-electron chi connectivity index (χ1n) is 3.00. The van der Waals surface area contributed by atoms with Gasteiger partial charge in [0.05, 0.1) is 13.2 Å². The van der Waals surface area contributed by atoms with E-state index in [0.29, 0.717) is 13.2 Å². The van der Waals surface area contributed by atoms with Crippen LogP contribution in [0.3, 0.4) is 0 Å². The predicted octanol–water partition coefficient (Wildman–Crippen LogP) is -5.56. The van der Waals surface area contributed by atoms with Gasteiger partial charge in [0.1, 0.15) is 0 Å². The molecule has 1 N–H and O–H groups in total. The van der Waals surface area contributed by atoms with Crippen LogP contribution in [0.1, 0.15) is 0 Å². The molecule has 0 saturated heterocycles. The quantitative estimate of drug-likeness (QED) is 0.464. The van der Waals surface area contributed by atoms with Crippen LogP contribution in [0.15, 0.2) is 0 Å². The fourth-order valence-electron chi connectivity index (χ4n) is 0.175. The van der Waals surface area contributed by atoms with Crippen molar-refractivity contribution in [2.45, 2.75) is 0 Å². The van der Waals surface area contributed by atoms with Crippen LogP contribution >= 0.6 is 0 Å². The number of hydrogen-bond donors (Lipinski definition) is 1. The van der Waals surface area contributed by atoms with Crippen LogP contribution in [0.4, 0.5) is 0 Å². The summed E-state index contributed by atoms with van der Waals surface area (Å²) in [4.78, 5) is 0. The van der Waals surface area contributed by atoms with Crippen molar-refractivity contribution in [3.63, 3.8) is 0 Å². The normalized spacial score (nSPS) is 7.00. The molecule has 0 aromatic rings.